The van der Waals surface area contributed by atoms with E-state index < -0.39 is 5.92 Å². The summed E-state index contributed by atoms with van der Waals surface area (Å²) in [6.45, 7) is 1.73. The van der Waals surface area contributed by atoms with E-state index >= 15 is 0 Å². The Bertz CT molecular complexity index is 817. The first kappa shape index (κ1) is 17.6. The molecule has 1 saturated heterocycles. The van der Waals surface area contributed by atoms with Gasteiger partial charge in [-0.3, -0.25) is 9.59 Å². The number of nitrogens with one attached hydrogen (secondary N) is 1. The summed E-state index contributed by atoms with van der Waals surface area (Å²) in [4.78, 5) is 26.7. The van der Waals surface area contributed by atoms with Crippen LogP contribution in [-0.2, 0) is 16.2 Å². The van der Waals surface area contributed by atoms with Crippen molar-refractivity contribution in [2.45, 2.75) is 25.9 Å². The molecule has 0 unspecified atom stereocenters. The number of hydrogen-bond donors (Lipinski definition) is 1. The summed E-state index contributed by atoms with van der Waals surface area (Å²) in [5.41, 5.74) is 1.87. The van der Waals surface area contributed by atoms with E-state index in [0.29, 0.717) is 37.8 Å². The maximum atomic E-state index is 12.7. The average molecular weight is 364 g/mol. The largest absolute Gasteiger partial charge is 0.489 e. The van der Waals surface area contributed by atoms with E-state index in [2.05, 4.69) is 5.32 Å². The minimum Gasteiger partial charge on any atom is -0.489 e. The van der Waals surface area contributed by atoms with E-state index in [4.69, 9.17) is 4.74 Å². The van der Waals surface area contributed by atoms with Crippen LogP contribution in [0, 0.1) is 11.8 Å². The van der Waals surface area contributed by atoms with Crippen molar-refractivity contribution in [3.05, 3.63) is 60.2 Å². The van der Waals surface area contributed by atoms with Gasteiger partial charge in [0.25, 0.3) is 0 Å². The molecule has 5 nitrogen and oxygen atoms in total. The highest BCUT2D eigenvalue weighted by Crippen LogP contribution is 2.30. The van der Waals surface area contributed by atoms with E-state index in [-0.39, 0.29) is 11.8 Å². The first-order valence-electron chi connectivity index (χ1n) is 9.56. The molecular formula is C22H24N2O3. The fraction of sp³-hybridized carbons (Fsp3) is 0.364. The van der Waals surface area contributed by atoms with Crippen LogP contribution in [0.5, 0.6) is 5.75 Å². The zero-order valence-electron chi connectivity index (χ0n) is 15.3. The second-order valence-corrected chi connectivity index (χ2v) is 7.29. The lowest BCUT2D eigenvalue weighted by Crippen LogP contribution is -2.37. The van der Waals surface area contributed by atoms with Crippen LogP contribution in [0.4, 0.5) is 5.69 Å². The number of amides is 2. The van der Waals surface area contributed by atoms with Gasteiger partial charge in [0.2, 0.25) is 11.8 Å². The second-order valence-electron chi connectivity index (χ2n) is 7.29. The fourth-order valence-electron chi connectivity index (χ4n) is 3.35. The van der Waals surface area contributed by atoms with E-state index in [1.165, 1.54) is 12.8 Å². The van der Waals surface area contributed by atoms with Crippen LogP contribution in [0.3, 0.4) is 0 Å². The Balaban J connectivity index is 1.38. The van der Waals surface area contributed by atoms with Crippen LogP contribution in [0.2, 0.25) is 0 Å². The molecule has 2 aromatic carbocycles. The van der Waals surface area contributed by atoms with E-state index in [1.807, 2.05) is 54.6 Å². The van der Waals surface area contributed by atoms with Crippen molar-refractivity contribution in [2.24, 2.45) is 11.8 Å². The smallest absolute Gasteiger partial charge is 0.239 e. The van der Waals surface area contributed by atoms with E-state index in [9.17, 15) is 9.59 Å². The van der Waals surface area contributed by atoms with E-state index in [1.54, 1.807) is 4.90 Å². The first-order chi connectivity index (χ1) is 13.2. The zero-order chi connectivity index (χ0) is 18.6. The van der Waals surface area contributed by atoms with Crippen LogP contribution in [0.1, 0.15) is 24.8 Å². The number of carbonyl (C=O) groups excluding carboxylic acids is 2. The molecule has 0 spiro atoms. The normalized spacial score (nSPS) is 19.2. The molecule has 0 bridgehead atoms. The van der Waals surface area contributed by atoms with Crippen LogP contribution >= 0.6 is 0 Å². The Hall–Kier alpha value is -2.82. The predicted octanol–water partition coefficient (Wildman–Crippen LogP) is 3.14. The minimum absolute atomic E-state index is 0.122. The molecular weight excluding hydrogens is 340 g/mol. The summed E-state index contributed by atoms with van der Waals surface area (Å²) in [7, 11) is 0. The van der Waals surface area contributed by atoms with Gasteiger partial charge in [0.15, 0.2) is 0 Å². The van der Waals surface area contributed by atoms with Crippen LogP contribution < -0.4 is 15.0 Å². The van der Waals surface area contributed by atoms with Gasteiger partial charge in [-0.25, -0.2) is 0 Å². The third-order valence-electron chi connectivity index (χ3n) is 5.16. The molecule has 4 rings (SSSR count). The number of hydrogen-bond acceptors (Lipinski definition) is 3. The minimum atomic E-state index is -0.572. The fourth-order valence-corrected chi connectivity index (χ4v) is 3.35. The van der Waals surface area contributed by atoms with Gasteiger partial charge in [0.1, 0.15) is 18.3 Å². The average Bonchev–Trinajstić information content (AvgIpc) is 3.46. The molecule has 1 aliphatic carbocycles. The quantitative estimate of drug-likeness (QED) is 0.768. The molecule has 5 heteroatoms. The van der Waals surface area contributed by atoms with Crippen LogP contribution in [-0.4, -0.2) is 24.9 Å². The van der Waals surface area contributed by atoms with Gasteiger partial charge in [-0.2, -0.15) is 0 Å². The molecule has 2 aliphatic rings. The maximum Gasteiger partial charge on any atom is 0.239 e. The molecule has 1 aliphatic heterocycles. The van der Waals surface area contributed by atoms with Crippen molar-refractivity contribution in [1.29, 1.82) is 0 Å². The Morgan fingerprint density at radius 2 is 1.89 bits per heavy atom. The summed E-state index contributed by atoms with van der Waals surface area (Å²) in [6.07, 6.45) is 2.92. The summed E-state index contributed by atoms with van der Waals surface area (Å²) in [5, 5.41) is 2.93. The summed E-state index contributed by atoms with van der Waals surface area (Å²) in [5.74, 6) is 0.498. The maximum absolute atomic E-state index is 12.7. The Morgan fingerprint density at radius 3 is 2.67 bits per heavy atom. The third kappa shape index (κ3) is 4.30. The standard InChI is InChI=1S/C22H24N2O3/c25-21(23-14-16-9-10-16)20-11-12-24(22(20)26)18-7-4-8-19(13-18)27-15-17-5-2-1-3-6-17/h1-8,13,16,20H,9-12,14-15H2,(H,23,25)/t20-/m1/s1. The predicted molar refractivity (Wildman–Crippen MR) is 103 cm³/mol. The van der Waals surface area contributed by atoms with Crippen molar-refractivity contribution >= 4 is 17.5 Å². The monoisotopic (exact) mass is 364 g/mol. The Kier molecular flexibility index (Phi) is 5.10. The molecule has 27 heavy (non-hydrogen) atoms. The second kappa shape index (κ2) is 7.82. The zero-order valence-corrected chi connectivity index (χ0v) is 15.3. The molecule has 2 fully saturated rings. The lowest BCUT2D eigenvalue weighted by atomic mass is 10.1. The number of benzene rings is 2. The number of anilines is 1. The van der Waals surface area contributed by atoms with Gasteiger partial charge in [-0.15, -0.1) is 0 Å². The Labute approximate surface area is 159 Å². The number of nitrogens with zero attached hydrogens (tertiary/aromatic N) is 1. The molecule has 2 amide bonds. The van der Waals surface area contributed by atoms with Crippen molar-refractivity contribution in [2.75, 3.05) is 18.0 Å². The molecule has 0 aromatic heterocycles. The van der Waals surface area contributed by atoms with Gasteiger partial charge >= 0.3 is 0 Å². The SMILES string of the molecule is O=C(NCC1CC1)[C@H]1CCN(c2cccc(OCc3ccccc3)c2)C1=O. The van der Waals surface area contributed by atoms with Gasteiger partial charge in [-0.05, 0) is 42.9 Å². The highest BCUT2D eigenvalue weighted by Gasteiger charge is 2.38. The highest BCUT2D eigenvalue weighted by molar-refractivity contribution is 6.09. The van der Waals surface area contributed by atoms with Crippen LogP contribution in [0.15, 0.2) is 54.6 Å². The van der Waals surface area contributed by atoms with Crippen molar-refractivity contribution in [3.8, 4) is 5.75 Å². The molecule has 0 radical (unpaired) electrons. The molecule has 1 N–H and O–H groups in total. The van der Waals surface area contributed by atoms with Gasteiger partial charge < -0.3 is 15.0 Å². The van der Waals surface area contributed by atoms with Crippen molar-refractivity contribution in [1.82, 2.24) is 5.32 Å². The lowest BCUT2D eigenvalue weighted by Gasteiger charge is -2.18. The number of rotatable bonds is 7. The summed E-state index contributed by atoms with van der Waals surface area (Å²) in [6, 6.07) is 17.5. The molecule has 2 aromatic rings. The molecule has 140 valence electrons. The van der Waals surface area contributed by atoms with Gasteiger partial charge in [-0.1, -0.05) is 36.4 Å². The lowest BCUT2D eigenvalue weighted by molar-refractivity contribution is -0.132. The first-order valence-corrected chi connectivity index (χ1v) is 9.56. The topological polar surface area (TPSA) is 58.6 Å². The molecule has 1 saturated carbocycles. The van der Waals surface area contributed by atoms with Gasteiger partial charge in [0.05, 0.1) is 0 Å². The molecule has 1 heterocycles. The van der Waals surface area contributed by atoms with E-state index in [0.717, 1.165) is 11.3 Å². The number of carbonyl (C=O) groups is 2. The van der Waals surface area contributed by atoms with Gasteiger partial charge in [0, 0.05) is 24.8 Å². The summed E-state index contributed by atoms with van der Waals surface area (Å²) < 4.78 is 5.86. The van der Waals surface area contributed by atoms with Crippen molar-refractivity contribution < 1.29 is 14.3 Å². The van der Waals surface area contributed by atoms with Crippen molar-refractivity contribution in [3.63, 3.8) is 0 Å². The summed E-state index contributed by atoms with van der Waals surface area (Å²) >= 11 is 0. The Morgan fingerprint density at radius 1 is 1.07 bits per heavy atom. The van der Waals surface area contributed by atoms with Crippen LogP contribution in [0.25, 0.3) is 0 Å². The number of ether oxygens (including phenoxy) is 1. The highest BCUT2D eigenvalue weighted by atomic mass is 16.5. The third-order valence-corrected chi connectivity index (χ3v) is 5.16. The molecule has 1 atom stereocenters.